The zero-order valence-electron chi connectivity index (χ0n) is 24.8. The normalized spacial score (nSPS) is 14.1. The summed E-state index contributed by atoms with van der Waals surface area (Å²) >= 11 is 0. The van der Waals surface area contributed by atoms with Gasteiger partial charge in [0.2, 0.25) is 0 Å². The molecule has 2 aliphatic rings. The minimum absolute atomic E-state index is 0.262. The van der Waals surface area contributed by atoms with E-state index in [9.17, 15) is 19.2 Å². The molecule has 7 nitrogen and oxygen atoms in total. The monoisotopic (exact) mass is 601 g/mol. The number of rotatable bonds is 7. The first-order valence-corrected chi connectivity index (χ1v) is 15.3. The highest BCUT2D eigenvalue weighted by molar-refractivity contribution is 6.29. The molecular formula is C39H27N3O4. The molecule has 0 N–H and O–H groups in total. The maximum Gasteiger partial charge on any atom is 0.262 e. The van der Waals surface area contributed by atoms with Crippen molar-refractivity contribution < 1.29 is 19.2 Å². The van der Waals surface area contributed by atoms with Crippen molar-refractivity contribution in [3.05, 3.63) is 149 Å². The molecule has 5 aromatic carbocycles. The number of hydrogen-bond acceptors (Lipinski definition) is 5. The molecule has 0 saturated carbocycles. The number of hydrogen-bond donors (Lipinski definition) is 0. The van der Waals surface area contributed by atoms with E-state index in [2.05, 4.69) is 0 Å². The van der Waals surface area contributed by atoms with Gasteiger partial charge in [-0.2, -0.15) is 0 Å². The van der Waals surface area contributed by atoms with Crippen LogP contribution < -0.4 is 0 Å². The zero-order chi connectivity index (χ0) is 31.4. The number of carbonyl (C=O) groups excluding carboxylic acids is 4. The fraction of sp³-hybridized carbons (Fsp3) is 0.103. The van der Waals surface area contributed by atoms with E-state index < -0.39 is 0 Å². The van der Waals surface area contributed by atoms with Gasteiger partial charge >= 0.3 is 0 Å². The van der Waals surface area contributed by atoms with E-state index in [1.54, 1.807) is 30.5 Å². The highest BCUT2D eigenvalue weighted by Gasteiger charge is 2.36. The average Bonchev–Trinajstić information content (AvgIpc) is 3.10. The van der Waals surface area contributed by atoms with Crippen LogP contribution in [0.25, 0.3) is 32.8 Å². The quantitative estimate of drug-likeness (QED) is 0.189. The lowest BCUT2D eigenvalue weighted by Gasteiger charge is -2.29. The van der Waals surface area contributed by atoms with E-state index in [0.717, 1.165) is 11.1 Å². The Bertz CT molecular complexity index is 2040. The molecule has 8 rings (SSSR count). The molecule has 222 valence electrons. The second kappa shape index (κ2) is 10.9. The number of imide groups is 2. The highest BCUT2D eigenvalue weighted by Crippen LogP contribution is 2.40. The van der Waals surface area contributed by atoms with Crippen LogP contribution in [0.4, 0.5) is 0 Å². The van der Waals surface area contributed by atoms with Gasteiger partial charge in [-0.15, -0.1) is 0 Å². The van der Waals surface area contributed by atoms with Crippen LogP contribution in [0.5, 0.6) is 0 Å². The van der Waals surface area contributed by atoms with Crippen molar-refractivity contribution in [3.8, 4) is 11.3 Å². The Labute approximate surface area is 264 Å². The summed E-state index contributed by atoms with van der Waals surface area (Å²) in [5.41, 5.74) is 5.14. The van der Waals surface area contributed by atoms with Crippen molar-refractivity contribution in [2.75, 3.05) is 13.1 Å². The van der Waals surface area contributed by atoms with Gasteiger partial charge in [-0.3, -0.25) is 34.0 Å². The van der Waals surface area contributed by atoms with E-state index in [1.165, 1.54) is 9.80 Å². The molecule has 0 radical (unpaired) electrons. The van der Waals surface area contributed by atoms with Gasteiger partial charge in [0, 0.05) is 57.7 Å². The van der Waals surface area contributed by atoms with Crippen molar-refractivity contribution in [1.29, 1.82) is 0 Å². The SMILES string of the molecule is O=C1c2cccc3c(-c4ncc5c6c(cccc46)C(=O)N(CCc4ccccc4)C5=O)ccc(c23)C(=O)N1CCc1ccccc1. The number of pyridine rings is 1. The molecule has 0 aliphatic carbocycles. The number of carbonyl (C=O) groups is 4. The summed E-state index contributed by atoms with van der Waals surface area (Å²) in [6, 6.07) is 34.0. The summed E-state index contributed by atoms with van der Waals surface area (Å²) in [6.45, 7) is 0.540. The van der Waals surface area contributed by atoms with Crippen molar-refractivity contribution in [2.45, 2.75) is 12.8 Å². The third-order valence-electron chi connectivity index (χ3n) is 9.04. The first kappa shape index (κ1) is 27.6. The van der Waals surface area contributed by atoms with Gasteiger partial charge in [-0.1, -0.05) is 91.0 Å². The van der Waals surface area contributed by atoms with Crippen LogP contribution in [-0.4, -0.2) is 51.5 Å². The molecule has 6 aromatic rings. The largest absolute Gasteiger partial charge is 0.274 e. The summed E-state index contributed by atoms with van der Waals surface area (Å²) < 4.78 is 0. The minimum atomic E-state index is -0.368. The summed E-state index contributed by atoms with van der Waals surface area (Å²) in [5.74, 6) is -1.35. The van der Waals surface area contributed by atoms with Crippen LogP contribution in [0.15, 0.2) is 115 Å². The molecular weight excluding hydrogens is 574 g/mol. The van der Waals surface area contributed by atoms with Crippen molar-refractivity contribution in [3.63, 3.8) is 0 Å². The van der Waals surface area contributed by atoms with Crippen LogP contribution in [0.1, 0.15) is 52.6 Å². The molecule has 7 heteroatoms. The Morgan fingerprint density at radius 1 is 0.435 bits per heavy atom. The zero-order valence-corrected chi connectivity index (χ0v) is 24.8. The van der Waals surface area contributed by atoms with Crippen molar-refractivity contribution in [2.24, 2.45) is 0 Å². The van der Waals surface area contributed by atoms with Crippen molar-refractivity contribution in [1.82, 2.24) is 14.8 Å². The summed E-state index contributed by atoms with van der Waals surface area (Å²) in [6.07, 6.45) is 2.66. The van der Waals surface area contributed by atoms with Crippen LogP contribution in [0.2, 0.25) is 0 Å². The van der Waals surface area contributed by atoms with Gasteiger partial charge in [0.05, 0.1) is 11.3 Å². The van der Waals surface area contributed by atoms with E-state index in [1.807, 2.05) is 84.9 Å². The third-order valence-corrected chi connectivity index (χ3v) is 9.04. The van der Waals surface area contributed by atoms with Gasteiger partial charge in [-0.05, 0) is 47.6 Å². The number of amides is 4. The van der Waals surface area contributed by atoms with Crippen LogP contribution >= 0.6 is 0 Å². The Hall–Kier alpha value is -5.95. The minimum Gasteiger partial charge on any atom is -0.274 e. The van der Waals surface area contributed by atoms with Gasteiger partial charge in [0.25, 0.3) is 23.6 Å². The molecule has 0 fully saturated rings. The number of benzene rings is 5. The third kappa shape index (κ3) is 4.31. The first-order valence-electron chi connectivity index (χ1n) is 15.3. The number of nitrogens with zero attached hydrogens (tertiary/aromatic N) is 3. The molecule has 1 aromatic heterocycles. The first-order chi connectivity index (χ1) is 22.5. The molecule has 46 heavy (non-hydrogen) atoms. The van der Waals surface area contributed by atoms with Gasteiger partial charge in [0.1, 0.15) is 0 Å². The molecule has 0 spiro atoms. The predicted octanol–water partition coefficient (Wildman–Crippen LogP) is 6.73. The fourth-order valence-electron chi connectivity index (χ4n) is 6.77. The van der Waals surface area contributed by atoms with Crippen molar-refractivity contribution >= 4 is 45.2 Å². The van der Waals surface area contributed by atoms with Crippen LogP contribution in [0.3, 0.4) is 0 Å². The second-order valence-corrected chi connectivity index (χ2v) is 11.6. The van der Waals surface area contributed by atoms with E-state index in [4.69, 9.17) is 4.98 Å². The molecule has 3 heterocycles. The van der Waals surface area contributed by atoms with Crippen LogP contribution in [0, 0.1) is 0 Å². The summed E-state index contributed by atoms with van der Waals surface area (Å²) in [5, 5.41) is 2.54. The number of aromatic nitrogens is 1. The lowest BCUT2D eigenvalue weighted by molar-refractivity contribution is 0.0596. The maximum atomic E-state index is 13.7. The van der Waals surface area contributed by atoms with E-state index >= 15 is 0 Å². The molecule has 2 aliphatic heterocycles. The highest BCUT2D eigenvalue weighted by atomic mass is 16.2. The van der Waals surface area contributed by atoms with Gasteiger partial charge in [-0.25, -0.2) is 0 Å². The molecule has 4 amide bonds. The average molecular weight is 602 g/mol. The topological polar surface area (TPSA) is 87.6 Å². The second-order valence-electron chi connectivity index (χ2n) is 11.6. The predicted molar refractivity (Wildman–Crippen MR) is 176 cm³/mol. The molecule has 0 saturated heterocycles. The van der Waals surface area contributed by atoms with Gasteiger partial charge < -0.3 is 0 Å². The van der Waals surface area contributed by atoms with Crippen LogP contribution in [-0.2, 0) is 12.8 Å². The Morgan fingerprint density at radius 2 is 0.891 bits per heavy atom. The van der Waals surface area contributed by atoms with E-state index in [-0.39, 0.29) is 36.7 Å². The maximum absolute atomic E-state index is 13.7. The summed E-state index contributed by atoms with van der Waals surface area (Å²) in [7, 11) is 0. The molecule has 0 unspecified atom stereocenters. The molecule has 0 bridgehead atoms. The fourth-order valence-corrected chi connectivity index (χ4v) is 6.77. The van der Waals surface area contributed by atoms with Gasteiger partial charge in [0.15, 0.2) is 0 Å². The Morgan fingerprint density at radius 3 is 1.46 bits per heavy atom. The Balaban J connectivity index is 1.18. The Kier molecular flexibility index (Phi) is 6.53. The smallest absolute Gasteiger partial charge is 0.262 e. The lowest BCUT2D eigenvalue weighted by Crippen LogP contribution is -2.41. The van der Waals surface area contributed by atoms with E-state index in [0.29, 0.717) is 67.9 Å². The summed E-state index contributed by atoms with van der Waals surface area (Å²) in [4.78, 5) is 62.1. The standard InChI is InChI=1S/C39H27N3O4/c43-36-29-15-7-13-26-27(17-18-31(33(26)29)38(45)41(36)21-19-24-9-3-1-4-10-24)35-28-14-8-16-30-34(28)32(23-40-35)39(46)42(37(30)44)22-20-25-11-5-2-6-12-25/h1-18,23H,19-22H2. The molecule has 0 atom stereocenters. The lowest BCUT2D eigenvalue weighted by atomic mass is 9.87.